The molecule has 1 N–H and O–H groups in total. The van der Waals surface area contributed by atoms with Gasteiger partial charge in [-0.3, -0.25) is 0 Å². The molecule has 0 unspecified atom stereocenters. The Labute approximate surface area is 107 Å². The van der Waals surface area contributed by atoms with Gasteiger partial charge in [0.1, 0.15) is 12.4 Å². The first-order valence-corrected chi connectivity index (χ1v) is 5.97. The molecule has 0 spiro atoms. The van der Waals surface area contributed by atoms with Gasteiger partial charge in [-0.05, 0) is 26.0 Å². The molecule has 4 heteroatoms. The maximum absolute atomic E-state index is 10.6. The number of carboxylic acid groups (broad SMARTS) is 1. The van der Waals surface area contributed by atoms with Gasteiger partial charge in [0.15, 0.2) is 0 Å². The molecule has 0 atom stereocenters. The van der Waals surface area contributed by atoms with E-state index in [1.54, 1.807) is 0 Å². The van der Waals surface area contributed by atoms with Crippen molar-refractivity contribution < 1.29 is 14.6 Å². The smallest absolute Gasteiger partial charge is 0.334 e. The first-order chi connectivity index (χ1) is 8.58. The van der Waals surface area contributed by atoms with Gasteiger partial charge in [-0.2, -0.15) is 0 Å². The number of ether oxygens (including phenoxy) is 1. The molecule has 0 aliphatic heterocycles. The van der Waals surface area contributed by atoms with Crippen LogP contribution in [0.3, 0.4) is 0 Å². The minimum atomic E-state index is -1.03. The zero-order valence-electron chi connectivity index (χ0n) is 10.8. The van der Waals surface area contributed by atoms with Crippen LogP contribution >= 0.6 is 0 Å². The van der Waals surface area contributed by atoms with E-state index in [9.17, 15) is 4.79 Å². The minimum Gasteiger partial charge on any atom is -0.489 e. The maximum atomic E-state index is 10.6. The van der Waals surface area contributed by atoms with Crippen molar-refractivity contribution in [2.45, 2.75) is 13.8 Å². The summed E-state index contributed by atoms with van der Waals surface area (Å²) in [5, 5.41) is 8.69. The summed E-state index contributed by atoms with van der Waals surface area (Å²) >= 11 is 0. The standard InChI is InChI=1S/C14H19NO3/c1-4-15(5-2)12-7-6-8-13(9-12)18-10-11(3)14(16)17/h6-9H,3-5,10H2,1-2H3,(H,16,17). The van der Waals surface area contributed by atoms with Crippen molar-refractivity contribution in [3.8, 4) is 5.75 Å². The Hall–Kier alpha value is -1.97. The Bertz CT molecular complexity index is 425. The van der Waals surface area contributed by atoms with Crippen molar-refractivity contribution in [2.75, 3.05) is 24.6 Å². The molecule has 0 radical (unpaired) electrons. The van der Waals surface area contributed by atoms with Gasteiger partial charge in [-0.15, -0.1) is 0 Å². The quantitative estimate of drug-likeness (QED) is 0.754. The Morgan fingerprint density at radius 2 is 2.06 bits per heavy atom. The number of aliphatic carboxylic acids is 1. The van der Waals surface area contributed by atoms with E-state index in [1.165, 1.54) is 0 Å². The summed E-state index contributed by atoms with van der Waals surface area (Å²) in [4.78, 5) is 12.8. The molecule has 1 aromatic rings. The van der Waals surface area contributed by atoms with Crippen LogP contribution in [0.25, 0.3) is 0 Å². The Balaban J connectivity index is 2.70. The first kappa shape index (κ1) is 14.1. The van der Waals surface area contributed by atoms with Crippen LogP contribution < -0.4 is 9.64 Å². The van der Waals surface area contributed by atoms with Crippen LogP contribution in [0, 0.1) is 0 Å². The Kier molecular flexibility index (Phi) is 5.24. The second kappa shape index (κ2) is 6.69. The lowest BCUT2D eigenvalue weighted by Gasteiger charge is -2.21. The van der Waals surface area contributed by atoms with Gasteiger partial charge in [0.2, 0.25) is 0 Å². The van der Waals surface area contributed by atoms with Gasteiger partial charge in [0.25, 0.3) is 0 Å². The number of carbonyl (C=O) groups is 1. The number of rotatable bonds is 7. The highest BCUT2D eigenvalue weighted by molar-refractivity contribution is 5.86. The number of carboxylic acids is 1. The third kappa shape index (κ3) is 3.80. The topological polar surface area (TPSA) is 49.8 Å². The summed E-state index contributed by atoms with van der Waals surface area (Å²) in [7, 11) is 0. The second-order valence-corrected chi connectivity index (χ2v) is 3.87. The summed E-state index contributed by atoms with van der Waals surface area (Å²) in [5.74, 6) is -0.378. The van der Waals surface area contributed by atoms with Crippen LogP contribution in [0.15, 0.2) is 36.4 Å². The second-order valence-electron chi connectivity index (χ2n) is 3.87. The van der Waals surface area contributed by atoms with Crippen molar-refractivity contribution in [3.05, 3.63) is 36.4 Å². The van der Waals surface area contributed by atoms with Crippen molar-refractivity contribution in [1.29, 1.82) is 0 Å². The van der Waals surface area contributed by atoms with Crippen molar-refractivity contribution in [1.82, 2.24) is 0 Å². The average Bonchev–Trinajstić information content (AvgIpc) is 2.38. The minimum absolute atomic E-state index is 0.00294. The lowest BCUT2D eigenvalue weighted by Crippen LogP contribution is -2.21. The molecule has 0 heterocycles. The molecule has 98 valence electrons. The number of benzene rings is 1. The molecule has 18 heavy (non-hydrogen) atoms. The first-order valence-electron chi connectivity index (χ1n) is 5.97. The molecule has 1 rings (SSSR count). The fourth-order valence-electron chi connectivity index (χ4n) is 1.59. The largest absolute Gasteiger partial charge is 0.489 e. The normalized spacial score (nSPS) is 9.89. The summed E-state index contributed by atoms with van der Waals surface area (Å²) in [6.45, 7) is 9.43. The van der Waals surface area contributed by atoms with Gasteiger partial charge in [-0.25, -0.2) is 4.79 Å². The van der Waals surface area contributed by atoms with Crippen LogP contribution in [0.5, 0.6) is 5.75 Å². The van der Waals surface area contributed by atoms with Gasteiger partial charge in [0.05, 0.1) is 5.57 Å². The van der Waals surface area contributed by atoms with E-state index in [-0.39, 0.29) is 12.2 Å². The number of anilines is 1. The van der Waals surface area contributed by atoms with Crippen molar-refractivity contribution >= 4 is 11.7 Å². The van der Waals surface area contributed by atoms with Crippen LogP contribution in [0.2, 0.25) is 0 Å². The van der Waals surface area contributed by atoms with Gasteiger partial charge < -0.3 is 14.7 Å². The molecule has 0 fully saturated rings. The third-order valence-electron chi connectivity index (χ3n) is 2.66. The Morgan fingerprint density at radius 3 is 2.61 bits per heavy atom. The lowest BCUT2D eigenvalue weighted by molar-refractivity contribution is -0.133. The molecular weight excluding hydrogens is 230 g/mol. The SMILES string of the molecule is C=C(COc1cccc(N(CC)CC)c1)C(=O)O. The fourth-order valence-corrected chi connectivity index (χ4v) is 1.59. The number of nitrogens with zero attached hydrogens (tertiary/aromatic N) is 1. The molecule has 0 saturated carbocycles. The van der Waals surface area contributed by atoms with Crippen LogP contribution in [-0.2, 0) is 4.79 Å². The average molecular weight is 249 g/mol. The van der Waals surface area contributed by atoms with E-state index in [0.29, 0.717) is 5.75 Å². The lowest BCUT2D eigenvalue weighted by atomic mass is 10.2. The van der Waals surface area contributed by atoms with Gasteiger partial charge in [-0.1, -0.05) is 12.6 Å². The highest BCUT2D eigenvalue weighted by Crippen LogP contribution is 2.21. The maximum Gasteiger partial charge on any atom is 0.334 e. The monoisotopic (exact) mass is 249 g/mol. The van der Waals surface area contributed by atoms with Crippen molar-refractivity contribution in [2.24, 2.45) is 0 Å². The van der Waals surface area contributed by atoms with Gasteiger partial charge >= 0.3 is 5.97 Å². The van der Waals surface area contributed by atoms with E-state index in [1.807, 2.05) is 24.3 Å². The van der Waals surface area contributed by atoms with E-state index >= 15 is 0 Å². The number of hydrogen-bond acceptors (Lipinski definition) is 3. The highest BCUT2D eigenvalue weighted by atomic mass is 16.5. The zero-order valence-corrected chi connectivity index (χ0v) is 10.8. The summed E-state index contributed by atoms with van der Waals surface area (Å²) < 4.78 is 5.40. The third-order valence-corrected chi connectivity index (χ3v) is 2.66. The molecule has 0 aliphatic carbocycles. The molecule has 0 amide bonds. The summed E-state index contributed by atoms with van der Waals surface area (Å²) in [6, 6.07) is 7.61. The highest BCUT2D eigenvalue weighted by Gasteiger charge is 2.06. The molecule has 0 aromatic heterocycles. The van der Waals surface area contributed by atoms with Crippen molar-refractivity contribution in [3.63, 3.8) is 0 Å². The van der Waals surface area contributed by atoms with E-state index in [2.05, 4.69) is 25.3 Å². The van der Waals surface area contributed by atoms with E-state index in [0.717, 1.165) is 18.8 Å². The molecule has 1 aromatic carbocycles. The van der Waals surface area contributed by atoms with Crippen LogP contribution in [0.1, 0.15) is 13.8 Å². The molecule has 0 aliphatic rings. The zero-order chi connectivity index (χ0) is 13.5. The molecular formula is C14H19NO3. The molecule has 0 bridgehead atoms. The van der Waals surface area contributed by atoms with Gasteiger partial charge in [0, 0.05) is 24.8 Å². The summed E-state index contributed by atoms with van der Waals surface area (Å²) in [6.07, 6.45) is 0. The van der Waals surface area contributed by atoms with E-state index in [4.69, 9.17) is 9.84 Å². The predicted octanol–water partition coefficient (Wildman–Crippen LogP) is 2.55. The van der Waals surface area contributed by atoms with Crippen LogP contribution in [0.4, 0.5) is 5.69 Å². The number of hydrogen-bond donors (Lipinski definition) is 1. The molecule has 4 nitrogen and oxygen atoms in total. The predicted molar refractivity (Wildman–Crippen MR) is 72.3 cm³/mol. The molecule has 0 saturated heterocycles. The van der Waals surface area contributed by atoms with Crippen LogP contribution in [-0.4, -0.2) is 30.8 Å². The fraction of sp³-hybridized carbons (Fsp3) is 0.357. The summed E-state index contributed by atoms with van der Waals surface area (Å²) in [5.41, 5.74) is 1.11. The Morgan fingerprint density at radius 1 is 1.39 bits per heavy atom. The van der Waals surface area contributed by atoms with E-state index < -0.39 is 5.97 Å².